The number of alkyl halides is 1. The van der Waals surface area contributed by atoms with Crippen molar-refractivity contribution in [3.05, 3.63) is 89.2 Å². The zero-order valence-electron chi connectivity index (χ0n) is 19.4. The maximum absolute atomic E-state index is 12.5. The number of hydrogen-bond acceptors (Lipinski definition) is 4. The van der Waals surface area contributed by atoms with Gasteiger partial charge in [0.05, 0.1) is 6.67 Å². The van der Waals surface area contributed by atoms with Crippen LogP contribution in [0, 0.1) is 0 Å². The highest BCUT2D eigenvalue weighted by molar-refractivity contribution is 5.99. The predicted molar refractivity (Wildman–Crippen MR) is 134 cm³/mol. The van der Waals surface area contributed by atoms with Gasteiger partial charge in [-0.3, -0.25) is 14.3 Å². The highest BCUT2D eigenvalue weighted by Gasteiger charge is 2.24. The highest BCUT2D eigenvalue weighted by atomic mass is 19.1. The zero-order chi connectivity index (χ0) is 23.3. The molecule has 0 unspecified atom stereocenters. The van der Waals surface area contributed by atoms with E-state index in [1.807, 2.05) is 24.5 Å². The minimum atomic E-state index is -0.260. The number of fused-ring (bicyclic) bond motifs is 1. The van der Waals surface area contributed by atoms with Crippen LogP contribution in [0.2, 0.25) is 0 Å². The van der Waals surface area contributed by atoms with E-state index in [1.54, 1.807) is 6.07 Å². The average molecular weight is 459 g/mol. The lowest BCUT2D eigenvalue weighted by Gasteiger charge is -2.18. The van der Waals surface area contributed by atoms with Gasteiger partial charge in [-0.25, -0.2) is 0 Å². The van der Waals surface area contributed by atoms with E-state index in [4.69, 9.17) is 4.74 Å². The highest BCUT2D eigenvalue weighted by Crippen LogP contribution is 2.41. The van der Waals surface area contributed by atoms with E-state index >= 15 is 0 Å². The molecule has 1 saturated heterocycles. The third kappa shape index (κ3) is 5.00. The van der Waals surface area contributed by atoms with Crippen LogP contribution in [0.25, 0.3) is 11.1 Å². The van der Waals surface area contributed by atoms with Crippen molar-refractivity contribution in [2.24, 2.45) is 0 Å². The number of allylic oxidation sites excluding steroid dienone is 1. The van der Waals surface area contributed by atoms with Crippen molar-refractivity contribution in [2.75, 3.05) is 26.3 Å². The minimum absolute atomic E-state index is 0.152. The first kappa shape index (κ1) is 22.6. The Balaban J connectivity index is 1.45. The van der Waals surface area contributed by atoms with Crippen LogP contribution in [0.3, 0.4) is 0 Å². The average Bonchev–Trinajstić information content (AvgIpc) is 3.22. The van der Waals surface area contributed by atoms with Gasteiger partial charge < -0.3 is 9.84 Å². The molecule has 34 heavy (non-hydrogen) atoms. The fourth-order valence-electron chi connectivity index (χ4n) is 5.22. The van der Waals surface area contributed by atoms with Gasteiger partial charge in [0.15, 0.2) is 0 Å². The van der Waals surface area contributed by atoms with E-state index in [-0.39, 0.29) is 12.8 Å². The van der Waals surface area contributed by atoms with Crippen molar-refractivity contribution in [1.29, 1.82) is 0 Å². The van der Waals surface area contributed by atoms with Crippen LogP contribution in [0.4, 0.5) is 4.39 Å². The number of aromatic nitrogens is 1. The van der Waals surface area contributed by atoms with Gasteiger partial charge in [0, 0.05) is 32.0 Å². The van der Waals surface area contributed by atoms with Gasteiger partial charge >= 0.3 is 0 Å². The fraction of sp³-hybridized carbons (Fsp3) is 0.345. The van der Waals surface area contributed by atoms with Crippen molar-refractivity contribution >= 4 is 11.1 Å². The van der Waals surface area contributed by atoms with Gasteiger partial charge in [-0.1, -0.05) is 18.2 Å². The largest absolute Gasteiger partial charge is 0.508 e. The molecular weight excluding hydrogens is 427 g/mol. The van der Waals surface area contributed by atoms with E-state index in [0.29, 0.717) is 12.2 Å². The molecule has 176 valence electrons. The Bertz CT molecular complexity index is 1140. The van der Waals surface area contributed by atoms with E-state index < -0.39 is 0 Å². The predicted octanol–water partition coefficient (Wildman–Crippen LogP) is 5.90. The smallest absolute Gasteiger partial charge is 0.119 e. The number of aryl methyl sites for hydroxylation is 1. The number of phenolic OH excluding ortho intramolecular Hbond substituents is 1. The summed E-state index contributed by atoms with van der Waals surface area (Å²) in [4.78, 5) is 6.49. The molecule has 1 aliphatic heterocycles. The third-order valence-corrected chi connectivity index (χ3v) is 6.84. The van der Waals surface area contributed by atoms with E-state index in [9.17, 15) is 9.50 Å². The number of halogens is 1. The molecule has 1 aromatic heterocycles. The molecule has 1 fully saturated rings. The number of hydrogen-bond donors (Lipinski definition) is 1. The second kappa shape index (κ2) is 10.4. The minimum Gasteiger partial charge on any atom is -0.508 e. The number of benzene rings is 2. The number of pyridine rings is 1. The van der Waals surface area contributed by atoms with E-state index in [0.717, 1.165) is 56.6 Å². The molecule has 5 rings (SSSR count). The fourth-order valence-corrected chi connectivity index (χ4v) is 5.22. The summed E-state index contributed by atoms with van der Waals surface area (Å²) in [5.41, 5.74) is 7.20. The second-order valence-electron chi connectivity index (χ2n) is 9.18. The molecule has 2 heterocycles. The lowest BCUT2D eigenvalue weighted by atomic mass is 9.88. The Labute approximate surface area is 200 Å². The SMILES string of the molecule is Oc1ccc2c(c1)CCCC(c1ccncc1)=C2c1ccc(O[C@H]2CCN(CCCF)C2)cc1. The molecule has 0 amide bonds. The van der Waals surface area contributed by atoms with Gasteiger partial charge in [-0.05, 0) is 102 Å². The van der Waals surface area contributed by atoms with Crippen molar-refractivity contribution in [1.82, 2.24) is 9.88 Å². The van der Waals surface area contributed by atoms with Crippen molar-refractivity contribution in [3.8, 4) is 11.5 Å². The zero-order valence-corrected chi connectivity index (χ0v) is 19.4. The lowest BCUT2D eigenvalue weighted by molar-refractivity contribution is 0.198. The first-order chi connectivity index (χ1) is 16.7. The molecule has 0 bridgehead atoms. The quantitative estimate of drug-likeness (QED) is 0.479. The van der Waals surface area contributed by atoms with Gasteiger partial charge in [0.25, 0.3) is 0 Å². The first-order valence-electron chi connectivity index (χ1n) is 12.2. The Hall–Kier alpha value is -3.18. The molecule has 3 aromatic rings. The van der Waals surface area contributed by atoms with Gasteiger partial charge in [-0.2, -0.15) is 0 Å². The summed E-state index contributed by atoms with van der Waals surface area (Å²) < 4.78 is 18.7. The van der Waals surface area contributed by atoms with Gasteiger partial charge in [-0.15, -0.1) is 0 Å². The van der Waals surface area contributed by atoms with Gasteiger partial charge in [0.2, 0.25) is 0 Å². The standard InChI is InChI=1S/C29H31FN2O2/c30-14-2-17-32-18-13-26(20-32)34-25-8-5-22(6-9-25)29-27(21-11-15-31-16-12-21)4-1-3-23-19-24(33)7-10-28(23)29/h5-12,15-16,19,26,33H,1-4,13-14,17-18,20H2/t26-/m0/s1. The Morgan fingerprint density at radius 2 is 1.82 bits per heavy atom. The van der Waals surface area contributed by atoms with E-state index in [1.165, 1.54) is 27.8 Å². The molecule has 1 N–H and O–H groups in total. The molecule has 5 heteroatoms. The van der Waals surface area contributed by atoms with Crippen LogP contribution < -0.4 is 4.74 Å². The Kier molecular flexibility index (Phi) is 6.91. The normalized spacial score (nSPS) is 18.6. The first-order valence-corrected chi connectivity index (χ1v) is 12.2. The molecule has 2 aliphatic rings. The molecule has 0 saturated carbocycles. The third-order valence-electron chi connectivity index (χ3n) is 6.84. The maximum atomic E-state index is 12.5. The van der Waals surface area contributed by atoms with Crippen molar-refractivity contribution in [3.63, 3.8) is 0 Å². The summed E-state index contributed by atoms with van der Waals surface area (Å²) in [6, 6.07) is 18.3. The Morgan fingerprint density at radius 1 is 1.00 bits per heavy atom. The van der Waals surface area contributed by atoms with Crippen LogP contribution in [0.15, 0.2) is 67.0 Å². The monoisotopic (exact) mass is 458 g/mol. The number of phenols is 1. The lowest BCUT2D eigenvalue weighted by Crippen LogP contribution is -2.26. The van der Waals surface area contributed by atoms with Crippen LogP contribution >= 0.6 is 0 Å². The molecular formula is C29H31FN2O2. The number of likely N-dealkylation sites (tertiary alicyclic amines) is 1. The summed E-state index contributed by atoms with van der Waals surface area (Å²) in [5.74, 6) is 1.18. The van der Waals surface area contributed by atoms with Crippen LogP contribution in [-0.4, -0.2) is 47.4 Å². The molecule has 1 atom stereocenters. The van der Waals surface area contributed by atoms with Crippen molar-refractivity contribution < 1.29 is 14.2 Å². The van der Waals surface area contributed by atoms with Crippen LogP contribution in [-0.2, 0) is 6.42 Å². The molecule has 1 aliphatic carbocycles. The van der Waals surface area contributed by atoms with Gasteiger partial charge in [0.1, 0.15) is 17.6 Å². The Morgan fingerprint density at radius 3 is 2.62 bits per heavy atom. The number of ether oxygens (including phenoxy) is 1. The molecule has 0 radical (unpaired) electrons. The summed E-state index contributed by atoms with van der Waals surface area (Å²) >= 11 is 0. The number of rotatable bonds is 7. The summed E-state index contributed by atoms with van der Waals surface area (Å²) in [6.45, 7) is 2.37. The molecule has 2 aromatic carbocycles. The van der Waals surface area contributed by atoms with Crippen LogP contribution in [0.1, 0.15) is 47.9 Å². The van der Waals surface area contributed by atoms with E-state index in [2.05, 4.69) is 46.3 Å². The summed E-state index contributed by atoms with van der Waals surface area (Å²) in [5, 5.41) is 10.1. The topological polar surface area (TPSA) is 45.6 Å². The summed E-state index contributed by atoms with van der Waals surface area (Å²) in [6.07, 6.45) is 8.33. The molecule has 0 spiro atoms. The maximum Gasteiger partial charge on any atom is 0.119 e. The second-order valence-corrected chi connectivity index (χ2v) is 9.18. The number of nitrogens with zero attached hydrogens (tertiary/aromatic N) is 2. The summed E-state index contributed by atoms with van der Waals surface area (Å²) in [7, 11) is 0. The van der Waals surface area contributed by atoms with Crippen molar-refractivity contribution in [2.45, 2.75) is 38.2 Å². The molecule has 4 nitrogen and oxygen atoms in total. The van der Waals surface area contributed by atoms with Crippen LogP contribution in [0.5, 0.6) is 11.5 Å². The number of aromatic hydroxyl groups is 1.